The first kappa shape index (κ1) is 15.7. The molecular formula is C12H14F3NO2S. The third-order valence-corrected chi connectivity index (χ3v) is 3.26. The summed E-state index contributed by atoms with van der Waals surface area (Å²) in [7, 11) is 0. The number of rotatable bonds is 5. The first-order valence-corrected chi connectivity index (χ1v) is 6.45. The van der Waals surface area contributed by atoms with Gasteiger partial charge in [0.1, 0.15) is 6.54 Å². The molecule has 1 heterocycles. The number of hydrogen-bond acceptors (Lipinski definition) is 3. The van der Waals surface area contributed by atoms with Crippen LogP contribution in [0.5, 0.6) is 0 Å². The molecule has 0 spiro atoms. The lowest BCUT2D eigenvalue weighted by Crippen LogP contribution is -2.37. The van der Waals surface area contributed by atoms with Gasteiger partial charge in [0.25, 0.3) is 0 Å². The fourth-order valence-corrected chi connectivity index (χ4v) is 2.18. The van der Waals surface area contributed by atoms with Gasteiger partial charge in [-0.3, -0.25) is 4.79 Å². The maximum absolute atomic E-state index is 12.2. The van der Waals surface area contributed by atoms with Crippen LogP contribution < -0.4 is 0 Å². The van der Waals surface area contributed by atoms with Crippen LogP contribution in [0.4, 0.5) is 13.2 Å². The van der Waals surface area contributed by atoms with E-state index in [-0.39, 0.29) is 13.2 Å². The zero-order valence-corrected chi connectivity index (χ0v) is 11.1. The third-order valence-electron chi connectivity index (χ3n) is 2.31. The second-order valence-electron chi connectivity index (χ2n) is 3.82. The Bertz CT molecular complexity index is 454. The summed E-state index contributed by atoms with van der Waals surface area (Å²) in [6.45, 7) is 0.133. The number of carbonyl (C=O) groups is 1. The van der Waals surface area contributed by atoms with Crippen LogP contribution in [-0.4, -0.2) is 35.2 Å². The van der Waals surface area contributed by atoms with Crippen molar-refractivity contribution in [1.29, 1.82) is 0 Å². The molecule has 0 aliphatic heterocycles. The van der Waals surface area contributed by atoms with Crippen LogP contribution >= 0.6 is 11.3 Å². The lowest BCUT2D eigenvalue weighted by atomic mass is 10.3. The van der Waals surface area contributed by atoms with E-state index in [4.69, 9.17) is 5.11 Å². The molecule has 7 heteroatoms. The molecule has 1 amide bonds. The average molecular weight is 293 g/mol. The number of thiophene rings is 1. The molecule has 106 valence electrons. The smallest absolute Gasteiger partial charge is 0.392 e. The summed E-state index contributed by atoms with van der Waals surface area (Å²) in [5.41, 5.74) is 0.708. The van der Waals surface area contributed by atoms with Crippen LogP contribution in [0.2, 0.25) is 0 Å². The van der Waals surface area contributed by atoms with E-state index in [1.54, 1.807) is 11.4 Å². The Balaban J connectivity index is 2.66. The number of amides is 1. The summed E-state index contributed by atoms with van der Waals surface area (Å²) in [5.74, 6) is -0.682. The van der Waals surface area contributed by atoms with Crippen molar-refractivity contribution >= 4 is 23.3 Å². The number of carbonyl (C=O) groups excluding carboxylic acids is 1. The first-order chi connectivity index (χ1) is 8.85. The van der Waals surface area contributed by atoms with Crippen molar-refractivity contribution in [2.75, 3.05) is 13.1 Å². The van der Waals surface area contributed by atoms with Gasteiger partial charge in [0.2, 0.25) is 5.91 Å². The minimum Gasteiger partial charge on any atom is -0.392 e. The van der Waals surface area contributed by atoms with Gasteiger partial charge in [-0.1, -0.05) is 0 Å². The molecule has 0 saturated heterocycles. The molecule has 0 aliphatic rings. The average Bonchev–Trinajstić information content (AvgIpc) is 2.79. The van der Waals surface area contributed by atoms with Crippen molar-refractivity contribution in [1.82, 2.24) is 4.90 Å². The number of hydrogen-bond donors (Lipinski definition) is 1. The lowest BCUT2D eigenvalue weighted by Gasteiger charge is -2.20. The number of likely N-dealkylation sites (N-methyl/N-ethyl adjacent to an activating group) is 1. The first-order valence-electron chi connectivity index (χ1n) is 5.57. The second-order valence-corrected chi connectivity index (χ2v) is 4.76. The van der Waals surface area contributed by atoms with Gasteiger partial charge < -0.3 is 10.0 Å². The third kappa shape index (κ3) is 5.44. The zero-order valence-electron chi connectivity index (χ0n) is 10.3. The molecule has 3 nitrogen and oxygen atoms in total. The second kappa shape index (κ2) is 6.72. The minimum atomic E-state index is -4.40. The van der Waals surface area contributed by atoms with E-state index in [1.807, 2.05) is 0 Å². The molecule has 1 rings (SSSR count). The molecule has 0 fully saturated rings. The van der Waals surface area contributed by atoms with E-state index in [0.717, 1.165) is 11.0 Å². The SMILES string of the molecule is CCN(CC(F)(F)F)C(=O)C=Cc1cc(CO)cs1. The molecule has 0 aromatic carbocycles. The highest BCUT2D eigenvalue weighted by atomic mass is 32.1. The van der Waals surface area contributed by atoms with Gasteiger partial charge >= 0.3 is 6.18 Å². The molecule has 19 heavy (non-hydrogen) atoms. The van der Waals surface area contributed by atoms with E-state index in [9.17, 15) is 18.0 Å². The van der Waals surface area contributed by atoms with E-state index in [1.165, 1.54) is 24.3 Å². The predicted octanol–water partition coefficient (Wildman–Crippen LogP) is 2.66. The summed E-state index contributed by atoms with van der Waals surface area (Å²) in [5, 5.41) is 10.6. The van der Waals surface area contributed by atoms with Crippen molar-refractivity contribution in [3.63, 3.8) is 0 Å². The van der Waals surface area contributed by atoms with Gasteiger partial charge in [-0.05, 0) is 30.0 Å². The monoisotopic (exact) mass is 293 g/mol. The molecule has 0 saturated carbocycles. The summed E-state index contributed by atoms with van der Waals surface area (Å²) in [6, 6.07) is 1.68. The predicted molar refractivity (Wildman–Crippen MR) is 67.6 cm³/mol. The van der Waals surface area contributed by atoms with Gasteiger partial charge in [0, 0.05) is 17.5 Å². The van der Waals surface area contributed by atoms with Crippen LogP contribution in [0.3, 0.4) is 0 Å². The minimum absolute atomic E-state index is 0.00495. The Labute approximate surface area is 113 Å². The number of halogens is 3. The molecule has 1 aromatic rings. The standard InChI is InChI=1S/C12H14F3NO2S/c1-2-16(8-12(13,14)15)11(18)4-3-10-5-9(6-17)7-19-10/h3-5,7,17H,2,6,8H2,1H3. The highest BCUT2D eigenvalue weighted by molar-refractivity contribution is 7.11. The zero-order chi connectivity index (χ0) is 14.5. The molecule has 0 atom stereocenters. The van der Waals surface area contributed by atoms with Gasteiger partial charge in [-0.25, -0.2) is 0 Å². The molecule has 0 bridgehead atoms. The van der Waals surface area contributed by atoms with Crippen molar-refractivity contribution < 1.29 is 23.1 Å². The van der Waals surface area contributed by atoms with Crippen molar-refractivity contribution in [2.45, 2.75) is 19.7 Å². The van der Waals surface area contributed by atoms with Crippen molar-refractivity contribution in [3.05, 3.63) is 28.0 Å². The molecule has 0 radical (unpaired) electrons. The van der Waals surface area contributed by atoms with Crippen LogP contribution in [0, 0.1) is 0 Å². The van der Waals surface area contributed by atoms with Gasteiger partial charge in [0.05, 0.1) is 6.61 Å². The van der Waals surface area contributed by atoms with E-state index in [0.29, 0.717) is 10.4 Å². The maximum Gasteiger partial charge on any atom is 0.406 e. The topological polar surface area (TPSA) is 40.5 Å². The van der Waals surface area contributed by atoms with Gasteiger partial charge in [-0.2, -0.15) is 13.2 Å². The van der Waals surface area contributed by atoms with Crippen molar-refractivity contribution in [3.8, 4) is 0 Å². The summed E-state index contributed by atoms with van der Waals surface area (Å²) in [6.07, 6.45) is -1.83. The van der Waals surface area contributed by atoms with E-state index >= 15 is 0 Å². The van der Waals surface area contributed by atoms with Crippen LogP contribution in [0.1, 0.15) is 17.4 Å². The Morgan fingerprint density at radius 3 is 2.68 bits per heavy atom. The Morgan fingerprint density at radius 2 is 2.21 bits per heavy atom. The molecule has 0 aliphatic carbocycles. The molecular weight excluding hydrogens is 279 g/mol. The van der Waals surface area contributed by atoms with E-state index < -0.39 is 18.6 Å². The van der Waals surface area contributed by atoms with Crippen molar-refractivity contribution in [2.24, 2.45) is 0 Å². The highest BCUT2D eigenvalue weighted by Crippen LogP contribution is 2.18. The summed E-state index contributed by atoms with van der Waals surface area (Å²) >= 11 is 1.31. The fourth-order valence-electron chi connectivity index (χ4n) is 1.39. The Morgan fingerprint density at radius 1 is 1.53 bits per heavy atom. The van der Waals surface area contributed by atoms with Gasteiger partial charge in [-0.15, -0.1) is 11.3 Å². The largest absolute Gasteiger partial charge is 0.406 e. The van der Waals surface area contributed by atoms with Gasteiger partial charge in [0.15, 0.2) is 0 Å². The Kier molecular flexibility index (Phi) is 5.56. The normalized spacial score (nSPS) is 12.1. The number of aliphatic hydroxyl groups excluding tert-OH is 1. The number of aliphatic hydroxyl groups is 1. The lowest BCUT2D eigenvalue weighted by molar-refractivity contribution is -0.157. The quantitative estimate of drug-likeness (QED) is 0.848. The number of alkyl halides is 3. The fraction of sp³-hybridized carbons (Fsp3) is 0.417. The van der Waals surface area contributed by atoms with Crippen LogP contribution in [0.15, 0.2) is 17.5 Å². The van der Waals surface area contributed by atoms with Crippen LogP contribution in [0.25, 0.3) is 6.08 Å². The molecule has 1 N–H and O–H groups in total. The molecule has 1 aromatic heterocycles. The summed E-state index contributed by atoms with van der Waals surface area (Å²) < 4.78 is 36.7. The number of nitrogens with zero attached hydrogens (tertiary/aromatic N) is 1. The molecule has 0 unspecified atom stereocenters. The Hall–Kier alpha value is -1.34. The highest BCUT2D eigenvalue weighted by Gasteiger charge is 2.31. The maximum atomic E-state index is 12.2. The van der Waals surface area contributed by atoms with E-state index in [2.05, 4.69) is 0 Å². The summed E-state index contributed by atoms with van der Waals surface area (Å²) in [4.78, 5) is 13.0. The van der Waals surface area contributed by atoms with Crippen LogP contribution in [-0.2, 0) is 11.4 Å².